The number of aromatic nitrogens is 1. The number of nitrogens with zero attached hydrogens (tertiary/aromatic N) is 2. The molecule has 2 heterocycles. The smallest absolute Gasteiger partial charge is 0.227 e. The zero-order chi connectivity index (χ0) is 36.0. The van der Waals surface area contributed by atoms with E-state index >= 15 is 0 Å². The topological polar surface area (TPSA) is 29.3 Å². The molecule has 3 nitrogen and oxygen atoms in total. The van der Waals surface area contributed by atoms with Crippen molar-refractivity contribution in [1.29, 1.82) is 0 Å². The Hall–Kier alpha value is -6.23. The predicted octanol–water partition coefficient (Wildman–Crippen LogP) is 14.0. The maximum Gasteiger partial charge on any atom is 0.227 e. The van der Waals surface area contributed by atoms with Crippen LogP contribution in [0.2, 0.25) is 0 Å². The number of rotatable bonds is 5. The standard InChI is InChI=1S/C50H36N2OS/c1-50(2)43-17-8-6-13-38(43)39-25-23-35(30-44(39)50)52(34-24-28-47-42(29-34)40-14-7-9-18-46(40)54-47)33-21-19-31(20-22-33)36-15-10-16-41-37(36)26-27-45-48(41)53-49(51-45)32-11-4-3-5-12-32/h3-30,39,44H,1-2H3. The van der Waals surface area contributed by atoms with Crippen molar-refractivity contribution in [3.8, 4) is 22.6 Å². The van der Waals surface area contributed by atoms with E-state index in [0.29, 0.717) is 17.7 Å². The quantitative estimate of drug-likeness (QED) is 0.178. The van der Waals surface area contributed by atoms with E-state index in [1.54, 1.807) is 0 Å². The lowest BCUT2D eigenvalue weighted by atomic mass is 9.74. The Labute approximate surface area is 318 Å². The summed E-state index contributed by atoms with van der Waals surface area (Å²) in [6.07, 6.45) is 7.32. The van der Waals surface area contributed by atoms with Gasteiger partial charge in [0, 0.05) is 54.1 Å². The van der Waals surface area contributed by atoms with Crippen LogP contribution in [0.25, 0.3) is 64.6 Å². The number of hydrogen-bond acceptors (Lipinski definition) is 4. The fourth-order valence-electron chi connectivity index (χ4n) is 9.11. The van der Waals surface area contributed by atoms with Crippen LogP contribution in [0.1, 0.15) is 30.9 Å². The fourth-order valence-corrected chi connectivity index (χ4v) is 10.2. The largest absolute Gasteiger partial charge is 0.435 e. The van der Waals surface area contributed by atoms with E-state index < -0.39 is 0 Å². The predicted molar refractivity (Wildman–Crippen MR) is 227 cm³/mol. The van der Waals surface area contributed by atoms with E-state index in [1.807, 2.05) is 41.7 Å². The molecule has 0 saturated carbocycles. The number of allylic oxidation sites excluding steroid dienone is 3. The van der Waals surface area contributed by atoms with Crippen molar-refractivity contribution < 1.29 is 4.42 Å². The molecule has 54 heavy (non-hydrogen) atoms. The third kappa shape index (κ3) is 4.76. The highest BCUT2D eigenvalue weighted by molar-refractivity contribution is 7.25. The van der Waals surface area contributed by atoms with Gasteiger partial charge in [-0.15, -0.1) is 11.3 Å². The van der Waals surface area contributed by atoms with E-state index in [2.05, 4.69) is 158 Å². The minimum Gasteiger partial charge on any atom is -0.435 e. The average molecular weight is 713 g/mol. The van der Waals surface area contributed by atoms with Gasteiger partial charge in [-0.05, 0) is 99.6 Å². The lowest BCUT2D eigenvalue weighted by Crippen LogP contribution is -2.28. The first-order valence-electron chi connectivity index (χ1n) is 18.7. The molecule has 0 fully saturated rings. The Morgan fingerprint density at radius 3 is 2.28 bits per heavy atom. The first-order chi connectivity index (χ1) is 26.5. The molecule has 7 aromatic carbocycles. The maximum atomic E-state index is 6.41. The highest BCUT2D eigenvalue weighted by atomic mass is 32.1. The monoisotopic (exact) mass is 712 g/mol. The molecule has 4 heteroatoms. The van der Waals surface area contributed by atoms with Crippen LogP contribution >= 0.6 is 11.3 Å². The van der Waals surface area contributed by atoms with Crippen molar-refractivity contribution in [2.45, 2.75) is 25.2 Å². The third-order valence-corrected chi connectivity index (χ3v) is 13.0. The molecule has 2 aliphatic carbocycles. The molecule has 9 aromatic rings. The summed E-state index contributed by atoms with van der Waals surface area (Å²) in [7, 11) is 0. The molecule has 11 rings (SSSR count). The molecule has 0 spiro atoms. The van der Waals surface area contributed by atoms with E-state index in [0.717, 1.165) is 44.4 Å². The van der Waals surface area contributed by atoms with Crippen LogP contribution in [0.3, 0.4) is 0 Å². The molecule has 0 amide bonds. The number of oxazole rings is 1. The Bertz CT molecular complexity index is 2980. The highest BCUT2D eigenvalue weighted by Gasteiger charge is 2.45. The Morgan fingerprint density at radius 2 is 1.39 bits per heavy atom. The van der Waals surface area contributed by atoms with Crippen LogP contribution in [0.4, 0.5) is 11.4 Å². The van der Waals surface area contributed by atoms with Gasteiger partial charge >= 0.3 is 0 Å². The summed E-state index contributed by atoms with van der Waals surface area (Å²) < 4.78 is 9.04. The summed E-state index contributed by atoms with van der Waals surface area (Å²) in [5.41, 5.74) is 11.4. The van der Waals surface area contributed by atoms with Crippen LogP contribution in [-0.2, 0) is 5.41 Å². The summed E-state index contributed by atoms with van der Waals surface area (Å²) in [5, 5.41) is 4.82. The Morgan fingerprint density at radius 1 is 0.630 bits per heavy atom. The highest BCUT2D eigenvalue weighted by Crippen LogP contribution is 2.54. The lowest BCUT2D eigenvalue weighted by Gasteiger charge is -2.34. The van der Waals surface area contributed by atoms with Gasteiger partial charge in [-0.25, -0.2) is 4.98 Å². The number of anilines is 2. The minimum atomic E-state index is 0.0193. The van der Waals surface area contributed by atoms with Gasteiger partial charge in [0.05, 0.1) is 0 Å². The van der Waals surface area contributed by atoms with E-state index in [1.165, 1.54) is 42.6 Å². The van der Waals surface area contributed by atoms with Gasteiger partial charge in [-0.2, -0.15) is 0 Å². The summed E-state index contributed by atoms with van der Waals surface area (Å²) in [4.78, 5) is 7.28. The van der Waals surface area contributed by atoms with Crippen LogP contribution in [0.5, 0.6) is 0 Å². The van der Waals surface area contributed by atoms with Gasteiger partial charge in [0.1, 0.15) is 5.52 Å². The minimum absolute atomic E-state index is 0.0193. The molecule has 0 bridgehead atoms. The van der Waals surface area contributed by atoms with Crippen molar-refractivity contribution in [2.75, 3.05) is 4.90 Å². The second-order valence-corrected chi connectivity index (χ2v) is 16.3. The number of benzene rings is 7. The molecule has 0 aliphatic heterocycles. The lowest BCUT2D eigenvalue weighted by molar-refractivity contribution is 0.392. The van der Waals surface area contributed by atoms with Gasteiger partial charge in [0.15, 0.2) is 5.58 Å². The van der Waals surface area contributed by atoms with Gasteiger partial charge in [0.2, 0.25) is 5.89 Å². The summed E-state index contributed by atoms with van der Waals surface area (Å²) in [6.45, 7) is 4.82. The maximum absolute atomic E-state index is 6.41. The number of fused-ring (bicyclic) bond motifs is 9. The molecule has 0 radical (unpaired) electrons. The molecule has 0 saturated heterocycles. The van der Waals surface area contributed by atoms with Crippen molar-refractivity contribution >= 4 is 64.8 Å². The van der Waals surface area contributed by atoms with Crippen LogP contribution in [0, 0.1) is 5.92 Å². The van der Waals surface area contributed by atoms with Gasteiger partial charge < -0.3 is 9.32 Å². The van der Waals surface area contributed by atoms with E-state index in [9.17, 15) is 0 Å². The van der Waals surface area contributed by atoms with Crippen molar-refractivity contribution in [3.63, 3.8) is 0 Å². The molecule has 0 N–H and O–H groups in total. The SMILES string of the molecule is CC1(C)c2ccccc2C2C=CC(N(c3ccc(-c4cccc5c4ccc4nc(-c6ccccc6)oc45)cc3)c3ccc4sc5ccccc5c4c3)=CC21. The molecular weight excluding hydrogens is 677 g/mol. The molecule has 2 aromatic heterocycles. The zero-order valence-electron chi connectivity index (χ0n) is 30.0. The van der Waals surface area contributed by atoms with Gasteiger partial charge in [-0.1, -0.05) is 123 Å². The second kappa shape index (κ2) is 11.9. The molecule has 2 unspecified atom stereocenters. The number of thiophene rings is 1. The molecule has 2 atom stereocenters. The summed E-state index contributed by atoms with van der Waals surface area (Å²) in [6, 6.07) is 54.7. The van der Waals surface area contributed by atoms with Crippen LogP contribution < -0.4 is 4.90 Å². The average Bonchev–Trinajstić information content (AvgIpc) is 3.89. The Kier molecular flexibility index (Phi) is 6.90. The zero-order valence-corrected chi connectivity index (χ0v) is 30.8. The number of hydrogen-bond donors (Lipinski definition) is 0. The van der Waals surface area contributed by atoms with Crippen molar-refractivity contribution in [3.05, 3.63) is 187 Å². The van der Waals surface area contributed by atoms with Crippen molar-refractivity contribution in [1.82, 2.24) is 4.98 Å². The third-order valence-electron chi connectivity index (χ3n) is 11.8. The molecule has 258 valence electrons. The molecule has 2 aliphatic rings. The first-order valence-corrected chi connectivity index (χ1v) is 19.5. The first kappa shape index (κ1) is 31.3. The fraction of sp³-hybridized carbons (Fsp3) is 0.100. The van der Waals surface area contributed by atoms with Crippen LogP contribution in [-0.4, -0.2) is 4.98 Å². The van der Waals surface area contributed by atoms with Gasteiger partial charge in [-0.3, -0.25) is 0 Å². The molecular formula is C50H36N2OS. The second-order valence-electron chi connectivity index (χ2n) is 15.2. The van der Waals surface area contributed by atoms with E-state index in [-0.39, 0.29) is 5.41 Å². The summed E-state index contributed by atoms with van der Waals surface area (Å²) >= 11 is 1.86. The van der Waals surface area contributed by atoms with Gasteiger partial charge in [0.25, 0.3) is 0 Å². The van der Waals surface area contributed by atoms with E-state index in [4.69, 9.17) is 9.40 Å². The normalized spacial score (nSPS) is 17.3. The van der Waals surface area contributed by atoms with Crippen LogP contribution in [0.15, 0.2) is 180 Å². The summed E-state index contributed by atoms with van der Waals surface area (Å²) in [5.74, 6) is 1.37. The van der Waals surface area contributed by atoms with Crippen molar-refractivity contribution in [2.24, 2.45) is 5.92 Å². The Balaban J connectivity index is 1.03.